The van der Waals surface area contributed by atoms with Crippen LogP contribution in [0.1, 0.15) is 36.5 Å². The highest BCUT2D eigenvalue weighted by Gasteiger charge is 2.22. The number of morpholine rings is 1. The minimum absolute atomic E-state index is 0.158. The van der Waals surface area contributed by atoms with E-state index in [9.17, 15) is 9.59 Å². The number of nitrogens with zero attached hydrogens (tertiary/aromatic N) is 1. The molecule has 1 saturated heterocycles. The van der Waals surface area contributed by atoms with E-state index in [2.05, 4.69) is 10.2 Å². The molecule has 2 aromatic rings. The molecule has 0 bridgehead atoms. The van der Waals surface area contributed by atoms with Crippen LogP contribution in [0.4, 0.5) is 0 Å². The number of nitrogens with one attached hydrogen (secondary N) is 1. The van der Waals surface area contributed by atoms with Crippen molar-refractivity contribution in [3.05, 3.63) is 39.2 Å². The Kier molecular flexibility index (Phi) is 6.39. The van der Waals surface area contributed by atoms with E-state index in [1.165, 1.54) is 0 Å². The fourth-order valence-corrected chi connectivity index (χ4v) is 4.30. The third-order valence-electron chi connectivity index (χ3n) is 6.09. The average molecular weight is 415 g/mol. The summed E-state index contributed by atoms with van der Waals surface area (Å²) >= 11 is 0. The van der Waals surface area contributed by atoms with Gasteiger partial charge in [-0.15, -0.1) is 0 Å². The summed E-state index contributed by atoms with van der Waals surface area (Å²) in [5, 5.41) is 3.92. The molecule has 1 aromatic carbocycles. The lowest BCUT2D eigenvalue weighted by molar-refractivity contribution is -0.127. The van der Waals surface area contributed by atoms with Crippen molar-refractivity contribution < 1.29 is 18.7 Å². The first-order valence-corrected chi connectivity index (χ1v) is 10.9. The van der Waals surface area contributed by atoms with Gasteiger partial charge in [-0.3, -0.25) is 9.69 Å². The Bertz CT molecular complexity index is 978. The van der Waals surface area contributed by atoms with Gasteiger partial charge in [-0.25, -0.2) is 4.79 Å². The van der Waals surface area contributed by atoms with Gasteiger partial charge in [0.2, 0.25) is 0 Å². The van der Waals surface area contributed by atoms with Crippen molar-refractivity contribution in [3.8, 4) is 5.75 Å². The maximum absolute atomic E-state index is 12.5. The first kappa shape index (κ1) is 20.9. The third-order valence-corrected chi connectivity index (χ3v) is 6.09. The second kappa shape index (κ2) is 9.18. The molecule has 2 heterocycles. The van der Waals surface area contributed by atoms with Gasteiger partial charge in [0, 0.05) is 42.7 Å². The molecule has 0 saturated carbocycles. The summed E-state index contributed by atoms with van der Waals surface area (Å²) in [6.07, 6.45) is 3.16. The van der Waals surface area contributed by atoms with Gasteiger partial charge < -0.3 is 19.2 Å². The lowest BCUT2D eigenvalue weighted by atomic mass is 9.90. The topological polar surface area (TPSA) is 81.0 Å². The van der Waals surface area contributed by atoms with Gasteiger partial charge in [0.15, 0.2) is 6.10 Å². The fourth-order valence-electron chi connectivity index (χ4n) is 4.30. The van der Waals surface area contributed by atoms with Gasteiger partial charge in [-0.1, -0.05) is 0 Å². The van der Waals surface area contributed by atoms with E-state index in [4.69, 9.17) is 13.9 Å². The molecule has 0 spiro atoms. The maximum atomic E-state index is 12.5. The highest BCUT2D eigenvalue weighted by molar-refractivity contribution is 5.86. The van der Waals surface area contributed by atoms with Crippen LogP contribution < -0.4 is 15.7 Å². The number of amides is 1. The molecule has 1 aliphatic heterocycles. The molecule has 7 heteroatoms. The summed E-state index contributed by atoms with van der Waals surface area (Å²) in [6.45, 7) is 8.26. The molecule has 4 rings (SSSR count). The Morgan fingerprint density at radius 1 is 1.20 bits per heavy atom. The lowest BCUT2D eigenvalue weighted by Gasteiger charge is -2.26. The zero-order chi connectivity index (χ0) is 21.1. The first-order valence-electron chi connectivity index (χ1n) is 10.9. The minimum Gasteiger partial charge on any atom is -0.480 e. The Morgan fingerprint density at radius 3 is 2.70 bits per heavy atom. The standard InChI is InChI=1S/C23H30N2O5/c1-15-20(29-16(2)22(26)24-9-10-25-11-13-28-14-12-25)8-7-18-17-5-3-4-6-19(17)23(27)30-21(15)18/h7-8,16H,3-6,9-14H2,1-2H3,(H,24,26)/t16-/m1/s1. The average Bonchev–Trinajstić information content (AvgIpc) is 2.77. The molecular weight excluding hydrogens is 384 g/mol. The van der Waals surface area contributed by atoms with Gasteiger partial charge in [-0.2, -0.15) is 0 Å². The number of ether oxygens (including phenoxy) is 2. The van der Waals surface area contributed by atoms with Crippen molar-refractivity contribution in [1.29, 1.82) is 0 Å². The number of rotatable bonds is 6. The Balaban J connectivity index is 1.43. The molecule has 1 aliphatic carbocycles. The number of hydrogen-bond acceptors (Lipinski definition) is 6. The smallest absolute Gasteiger partial charge is 0.339 e. The highest BCUT2D eigenvalue weighted by atomic mass is 16.5. The quantitative estimate of drug-likeness (QED) is 0.730. The fraction of sp³-hybridized carbons (Fsp3) is 0.565. The summed E-state index contributed by atoms with van der Waals surface area (Å²) in [7, 11) is 0. The molecule has 1 N–H and O–H groups in total. The van der Waals surface area contributed by atoms with Gasteiger partial charge >= 0.3 is 5.63 Å². The largest absolute Gasteiger partial charge is 0.480 e. The van der Waals surface area contributed by atoms with E-state index in [0.29, 0.717) is 17.9 Å². The van der Waals surface area contributed by atoms with Crippen LogP contribution in [-0.2, 0) is 22.4 Å². The first-order chi connectivity index (χ1) is 14.5. The minimum atomic E-state index is -0.643. The van der Waals surface area contributed by atoms with Crippen molar-refractivity contribution >= 4 is 16.9 Å². The van der Waals surface area contributed by atoms with Crippen molar-refractivity contribution in [2.45, 2.75) is 45.6 Å². The van der Waals surface area contributed by atoms with E-state index in [-0.39, 0.29) is 11.5 Å². The second-order valence-electron chi connectivity index (χ2n) is 8.12. The van der Waals surface area contributed by atoms with Crippen LogP contribution in [-0.4, -0.2) is 56.3 Å². The normalized spacial score (nSPS) is 18.1. The van der Waals surface area contributed by atoms with Crippen LogP contribution in [0.2, 0.25) is 0 Å². The van der Waals surface area contributed by atoms with Gasteiger partial charge in [0.25, 0.3) is 5.91 Å². The van der Waals surface area contributed by atoms with Gasteiger partial charge in [0.05, 0.1) is 13.2 Å². The maximum Gasteiger partial charge on any atom is 0.339 e. The molecule has 30 heavy (non-hydrogen) atoms. The van der Waals surface area contributed by atoms with Crippen LogP contribution in [0.25, 0.3) is 11.0 Å². The van der Waals surface area contributed by atoms with E-state index >= 15 is 0 Å². The van der Waals surface area contributed by atoms with Crippen LogP contribution in [0.15, 0.2) is 21.3 Å². The van der Waals surface area contributed by atoms with E-state index in [1.54, 1.807) is 6.92 Å². The monoisotopic (exact) mass is 414 g/mol. The number of carbonyl (C=O) groups excluding carboxylic acids is 1. The number of hydrogen-bond donors (Lipinski definition) is 1. The van der Waals surface area contributed by atoms with Crippen LogP contribution in [0, 0.1) is 6.92 Å². The van der Waals surface area contributed by atoms with Crippen LogP contribution in [0.3, 0.4) is 0 Å². The third kappa shape index (κ3) is 4.37. The number of aryl methyl sites for hydroxylation is 2. The van der Waals surface area contributed by atoms with Gasteiger partial charge in [-0.05, 0) is 57.2 Å². The molecule has 0 unspecified atom stereocenters. The number of carbonyl (C=O) groups is 1. The predicted octanol–water partition coefficient (Wildman–Crippen LogP) is 2.20. The zero-order valence-corrected chi connectivity index (χ0v) is 17.8. The summed E-state index contributed by atoms with van der Waals surface area (Å²) in [5.74, 6) is 0.409. The van der Waals surface area contributed by atoms with Crippen molar-refractivity contribution in [1.82, 2.24) is 10.2 Å². The molecule has 0 radical (unpaired) electrons. The Hall–Kier alpha value is -2.38. The van der Waals surface area contributed by atoms with E-state index < -0.39 is 6.10 Å². The Morgan fingerprint density at radius 2 is 1.93 bits per heavy atom. The molecule has 1 aromatic heterocycles. The number of benzene rings is 1. The summed E-state index contributed by atoms with van der Waals surface area (Å²) in [4.78, 5) is 27.2. The van der Waals surface area contributed by atoms with E-state index in [1.807, 2.05) is 19.1 Å². The van der Waals surface area contributed by atoms with Crippen LogP contribution >= 0.6 is 0 Å². The predicted molar refractivity (Wildman–Crippen MR) is 114 cm³/mol. The second-order valence-corrected chi connectivity index (χ2v) is 8.12. The van der Waals surface area contributed by atoms with Crippen molar-refractivity contribution in [2.24, 2.45) is 0 Å². The molecule has 1 amide bonds. The SMILES string of the molecule is Cc1c(O[C@H](C)C(=O)NCCN2CCOCC2)ccc2c3c(c(=O)oc12)CCCC3. The lowest BCUT2D eigenvalue weighted by Crippen LogP contribution is -2.43. The molecular formula is C23H30N2O5. The van der Waals surface area contributed by atoms with Crippen molar-refractivity contribution in [3.63, 3.8) is 0 Å². The summed E-state index contributed by atoms with van der Waals surface area (Å²) in [6, 6.07) is 3.83. The molecule has 162 valence electrons. The summed E-state index contributed by atoms with van der Waals surface area (Å²) < 4.78 is 16.9. The van der Waals surface area contributed by atoms with Gasteiger partial charge in [0.1, 0.15) is 11.3 Å². The molecule has 1 atom stereocenters. The summed E-state index contributed by atoms with van der Waals surface area (Å²) in [5.41, 5.74) is 3.00. The highest BCUT2D eigenvalue weighted by Crippen LogP contribution is 2.32. The Labute approximate surface area is 176 Å². The number of fused-ring (bicyclic) bond motifs is 3. The molecule has 1 fully saturated rings. The van der Waals surface area contributed by atoms with Crippen LogP contribution in [0.5, 0.6) is 5.75 Å². The molecule has 2 aliphatic rings. The zero-order valence-electron chi connectivity index (χ0n) is 17.8. The van der Waals surface area contributed by atoms with Crippen molar-refractivity contribution in [2.75, 3.05) is 39.4 Å². The molecule has 7 nitrogen and oxygen atoms in total. The van der Waals surface area contributed by atoms with E-state index in [0.717, 1.165) is 80.6 Å².